The van der Waals surface area contributed by atoms with Crippen molar-refractivity contribution in [2.75, 3.05) is 12.4 Å². The summed E-state index contributed by atoms with van der Waals surface area (Å²) in [5.41, 5.74) is 3.34. The van der Waals surface area contributed by atoms with Gasteiger partial charge in [0.1, 0.15) is 22.3 Å². The van der Waals surface area contributed by atoms with Gasteiger partial charge < -0.3 is 14.4 Å². The molecule has 1 aliphatic heterocycles. The minimum Gasteiger partial charge on any atom is -0.494 e. The normalized spacial score (nSPS) is 12.4. The highest BCUT2D eigenvalue weighted by molar-refractivity contribution is 7.16. The fourth-order valence-corrected chi connectivity index (χ4v) is 5.39. The van der Waals surface area contributed by atoms with Gasteiger partial charge in [-0.05, 0) is 37.6 Å². The zero-order chi connectivity index (χ0) is 28.6. The van der Waals surface area contributed by atoms with E-state index in [1.54, 1.807) is 30.9 Å². The summed E-state index contributed by atoms with van der Waals surface area (Å²) in [6.07, 6.45) is 4.05. The second-order valence-corrected chi connectivity index (χ2v) is 10.3. The van der Waals surface area contributed by atoms with Crippen LogP contribution in [0.3, 0.4) is 0 Å². The molecule has 0 unspecified atom stereocenters. The number of aryl methyl sites for hydroxylation is 2. The zero-order valence-electron chi connectivity index (χ0n) is 21.4. The standard InChI is InChI=1S/C26H21ClF2N6O4S/c1-12-4-14(39-25(28)29)7-32-22(12)24(37)35-10-18-20(11-35)40-26(33-18)34-23(36)17-8-30-13(2)5-15(17)16-6-21(27)31-9-19(16)38-3/h4-9,25H,10-11H2,1-3H3,(H,33,34,36). The SMILES string of the molecule is COc1cnc(Cl)cc1-c1cc(C)ncc1C(=O)Nc1nc2c(s1)CN(C(=O)c1ncc(OC(F)F)cc1C)C2. The second kappa shape index (κ2) is 11.1. The summed E-state index contributed by atoms with van der Waals surface area (Å²) < 4.78 is 34.7. The number of methoxy groups -OCH3 is 1. The van der Waals surface area contributed by atoms with Crippen LogP contribution in [-0.2, 0) is 13.1 Å². The lowest BCUT2D eigenvalue weighted by Gasteiger charge is -2.16. The maximum absolute atomic E-state index is 13.3. The van der Waals surface area contributed by atoms with Crippen molar-refractivity contribution in [3.05, 3.63) is 75.0 Å². The predicted molar refractivity (Wildman–Crippen MR) is 143 cm³/mol. The molecular formula is C26H21ClF2N6O4S. The number of hydrogen-bond donors (Lipinski definition) is 1. The Kier molecular flexibility index (Phi) is 7.59. The van der Waals surface area contributed by atoms with E-state index in [1.807, 2.05) is 0 Å². The smallest absolute Gasteiger partial charge is 0.387 e. The number of carbonyl (C=O) groups excluding carboxylic acids is 2. The third kappa shape index (κ3) is 5.56. The molecule has 10 nitrogen and oxygen atoms in total. The van der Waals surface area contributed by atoms with Crippen LogP contribution in [0.5, 0.6) is 11.5 Å². The van der Waals surface area contributed by atoms with Crippen LogP contribution in [0.2, 0.25) is 5.15 Å². The quantitative estimate of drug-likeness (QED) is 0.290. The number of pyridine rings is 3. The highest BCUT2D eigenvalue weighted by Gasteiger charge is 2.30. The largest absolute Gasteiger partial charge is 0.494 e. The molecule has 0 radical (unpaired) electrons. The molecule has 5 heterocycles. The number of fused-ring (bicyclic) bond motifs is 1. The number of hydrogen-bond acceptors (Lipinski definition) is 9. The number of ether oxygens (including phenoxy) is 2. The number of aromatic nitrogens is 4. The summed E-state index contributed by atoms with van der Waals surface area (Å²) in [6, 6.07) is 4.72. The molecule has 0 bridgehead atoms. The Morgan fingerprint density at radius 1 is 1.07 bits per heavy atom. The number of amides is 2. The van der Waals surface area contributed by atoms with Gasteiger partial charge >= 0.3 is 6.61 Å². The monoisotopic (exact) mass is 586 g/mol. The molecule has 0 atom stereocenters. The molecule has 1 N–H and O–H groups in total. The molecular weight excluding hydrogens is 566 g/mol. The van der Waals surface area contributed by atoms with Gasteiger partial charge in [-0.15, -0.1) is 0 Å². The summed E-state index contributed by atoms with van der Waals surface area (Å²) in [4.78, 5) is 45.6. The molecule has 0 fully saturated rings. The molecule has 1 aliphatic rings. The fourth-order valence-electron chi connectivity index (χ4n) is 4.25. The van der Waals surface area contributed by atoms with Gasteiger partial charge in [-0.2, -0.15) is 8.78 Å². The van der Waals surface area contributed by atoms with Gasteiger partial charge in [0.25, 0.3) is 11.8 Å². The summed E-state index contributed by atoms with van der Waals surface area (Å²) in [5, 5.41) is 3.44. The Hall–Kier alpha value is -4.23. The van der Waals surface area contributed by atoms with E-state index in [1.165, 1.54) is 36.9 Å². The molecule has 4 aromatic heterocycles. The van der Waals surface area contributed by atoms with Crippen LogP contribution in [0.1, 0.15) is 42.7 Å². The maximum Gasteiger partial charge on any atom is 0.387 e. The Morgan fingerprint density at radius 2 is 1.88 bits per heavy atom. The van der Waals surface area contributed by atoms with Gasteiger partial charge in [0.15, 0.2) is 5.13 Å². The number of thiazole rings is 1. The van der Waals surface area contributed by atoms with Crippen molar-refractivity contribution in [3.63, 3.8) is 0 Å². The lowest BCUT2D eigenvalue weighted by Crippen LogP contribution is -2.27. The van der Waals surface area contributed by atoms with Crippen LogP contribution in [0.4, 0.5) is 13.9 Å². The first-order valence-electron chi connectivity index (χ1n) is 11.8. The average molecular weight is 587 g/mol. The van der Waals surface area contributed by atoms with Crippen LogP contribution in [-0.4, -0.2) is 50.4 Å². The van der Waals surface area contributed by atoms with Crippen molar-refractivity contribution in [2.24, 2.45) is 0 Å². The third-order valence-corrected chi connectivity index (χ3v) is 7.28. The molecule has 40 heavy (non-hydrogen) atoms. The number of halogens is 3. The fraction of sp³-hybridized carbons (Fsp3) is 0.231. The number of rotatable bonds is 7. The van der Waals surface area contributed by atoms with Gasteiger partial charge in [-0.3, -0.25) is 19.9 Å². The summed E-state index contributed by atoms with van der Waals surface area (Å²) >= 11 is 7.37. The van der Waals surface area contributed by atoms with Crippen LogP contribution >= 0.6 is 22.9 Å². The highest BCUT2D eigenvalue weighted by Crippen LogP contribution is 2.36. The van der Waals surface area contributed by atoms with E-state index in [2.05, 4.69) is 30.0 Å². The lowest BCUT2D eigenvalue weighted by molar-refractivity contribution is -0.0501. The van der Waals surface area contributed by atoms with E-state index in [-0.39, 0.29) is 35.6 Å². The van der Waals surface area contributed by atoms with E-state index < -0.39 is 12.5 Å². The molecule has 14 heteroatoms. The Labute approximate surface area is 236 Å². The lowest BCUT2D eigenvalue weighted by atomic mass is 10.0. The molecule has 0 aliphatic carbocycles. The second-order valence-electron chi connectivity index (χ2n) is 8.80. The minimum atomic E-state index is -2.98. The van der Waals surface area contributed by atoms with E-state index in [9.17, 15) is 18.4 Å². The highest BCUT2D eigenvalue weighted by atomic mass is 35.5. The Morgan fingerprint density at radius 3 is 2.58 bits per heavy atom. The first-order valence-corrected chi connectivity index (χ1v) is 13.0. The Bertz CT molecular complexity index is 1610. The number of alkyl halides is 2. The number of carbonyl (C=O) groups is 2. The van der Waals surface area contributed by atoms with Crippen LogP contribution in [0.15, 0.2) is 36.8 Å². The van der Waals surface area contributed by atoms with Gasteiger partial charge in [-0.1, -0.05) is 22.9 Å². The summed E-state index contributed by atoms with van der Waals surface area (Å²) in [7, 11) is 1.50. The van der Waals surface area contributed by atoms with Gasteiger partial charge in [0.05, 0.1) is 48.7 Å². The number of anilines is 1. The van der Waals surface area contributed by atoms with Gasteiger partial charge in [0.2, 0.25) is 0 Å². The molecule has 0 aromatic carbocycles. The van der Waals surface area contributed by atoms with Crippen molar-refractivity contribution in [1.82, 2.24) is 24.8 Å². The van der Waals surface area contributed by atoms with Gasteiger partial charge in [-0.25, -0.2) is 15.0 Å². The van der Waals surface area contributed by atoms with Crippen molar-refractivity contribution in [2.45, 2.75) is 33.5 Å². The molecule has 0 saturated carbocycles. The molecule has 206 valence electrons. The number of nitrogens with one attached hydrogen (secondary N) is 1. The van der Waals surface area contributed by atoms with Crippen molar-refractivity contribution in [3.8, 4) is 22.6 Å². The van der Waals surface area contributed by atoms with E-state index in [4.69, 9.17) is 16.3 Å². The molecule has 5 rings (SSSR count). The summed E-state index contributed by atoms with van der Waals surface area (Å²) in [6.45, 7) is 0.897. The van der Waals surface area contributed by atoms with Crippen LogP contribution < -0.4 is 14.8 Å². The van der Waals surface area contributed by atoms with Crippen molar-refractivity contribution < 1.29 is 27.8 Å². The van der Waals surface area contributed by atoms with Crippen LogP contribution in [0, 0.1) is 13.8 Å². The first kappa shape index (κ1) is 27.3. The first-order chi connectivity index (χ1) is 19.1. The molecule has 0 saturated heterocycles. The van der Waals surface area contributed by atoms with Crippen molar-refractivity contribution >= 4 is 39.9 Å². The predicted octanol–water partition coefficient (Wildman–Crippen LogP) is 5.28. The van der Waals surface area contributed by atoms with E-state index in [0.29, 0.717) is 44.5 Å². The Balaban J connectivity index is 1.32. The van der Waals surface area contributed by atoms with Crippen molar-refractivity contribution in [1.29, 1.82) is 0 Å². The van der Waals surface area contributed by atoms with Crippen LogP contribution in [0.25, 0.3) is 11.1 Å². The van der Waals surface area contributed by atoms with Gasteiger partial charge in [0, 0.05) is 23.0 Å². The third-order valence-electron chi connectivity index (χ3n) is 6.07. The topological polar surface area (TPSA) is 119 Å². The van der Waals surface area contributed by atoms with E-state index in [0.717, 1.165) is 11.1 Å². The maximum atomic E-state index is 13.3. The molecule has 0 spiro atoms. The molecule has 2 amide bonds. The minimum absolute atomic E-state index is 0.121. The molecule has 4 aromatic rings. The zero-order valence-corrected chi connectivity index (χ0v) is 22.9. The van der Waals surface area contributed by atoms with E-state index >= 15 is 0 Å². The number of nitrogens with zero attached hydrogens (tertiary/aromatic N) is 5. The summed E-state index contributed by atoms with van der Waals surface area (Å²) in [5.74, 6) is -0.465. The average Bonchev–Trinajstić information content (AvgIpc) is 3.47.